The third kappa shape index (κ3) is 2.59. The first-order valence-electron chi connectivity index (χ1n) is 4.67. The maximum absolute atomic E-state index is 12.1. The molecule has 92 valence electrons. The summed E-state index contributed by atoms with van der Waals surface area (Å²) in [6.45, 7) is 0.481. The van der Waals surface area contributed by atoms with E-state index in [1.54, 1.807) is 0 Å². The van der Waals surface area contributed by atoms with E-state index in [2.05, 4.69) is 4.98 Å². The number of nitriles is 1. The number of hydrogen-bond acceptors (Lipinski definition) is 6. The fraction of sp³-hybridized carbons (Fsp3) is 0.500. The van der Waals surface area contributed by atoms with Gasteiger partial charge in [0.05, 0.1) is 25.4 Å². The summed E-state index contributed by atoms with van der Waals surface area (Å²) in [6, 6.07) is 1.90. The molecule has 0 radical (unpaired) electrons. The predicted molar refractivity (Wildman–Crippen MR) is 61.2 cm³/mol. The van der Waals surface area contributed by atoms with Crippen LogP contribution >= 0.6 is 22.9 Å². The zero-order chi connectivity index (χ0) is 12.5. The first kappa shape index (κ1) is 12.7. The van der Waals surface area contributed by atoms with Crippen LogP contribution in [0, 0.1) is 11.3 Å². The van der Waals surface area contributed by atoms with E-state index < -0.39 is 16.1 Å². The summed E-state index contributed by atoms with van der Waals surface area (Å²) in [5, 5.41) is 8.72. The van der Waals surface area contributed by atoms with Gasteiger partial charge in [0.1, 0.15) is 0 Å². The summed E-state index contributed by atoms with van der Waals surface area (Å²) in [6.07, 6.45) is 0.501. The van der Waals surface area contributed by atoms with Crippen molar-refractivity contribution in [2.45, 2.75) is 10.3 Å². The molecule has 2 rings (SSSR count). The van der Waals surface area contributed by atoms with E-state index >= 15 is 0 Å². The van der Waals surface area contributed by atoms with Crippen molar-refractivity contribution in [1.82, 2.24) is 9.29 Å². The second-order valence-corrected chi connectivity index (χ2v) is 7.06. The molecule has 0 bridgehead atoms. The fourth-order valence-corrected chi connectivity index (χ4v) is 4.28. The van der Waals surface area contributed by atoms with Crippen LogP contribution in [0.5, 0.6) is 0 Å². The van der Waals surface area contributed by atoms with Crippen molar-refractivity contribution in [3.63, 3.8) is 0 Å². The van der Waals surface area contributed by atoms with E-state index in [0.717, 1.165) is 11.3 Å². The minimum atomic E-state index is -3.61. The zero-order valence-corrected chi connectivity index (χ0v) is 10.9. The van der Waals surface area contributed by atoms with Crippen LogP contribution in [0.25, 0.3) is 0 Å². The monoisotopic (exact) mass is 293 g/mol. The van der Waals surface area contributed by atoms with E-state index in [1.165, 1.54) is 10.5 Å². The molecule has 1 aromatic rings. The lowest BCUT2D eigenvalue weighted by atomic mass is 10.3. The second kappa shape index (κ2) is 4.88. The third-order valence-electron chi connectivity index (χ3n) is 2.22. The first-order valence-corrected chi connectivity index (χ1v) is 7.30. The minimum absolute atomic E-state index is 0.0361. The van der Waals surface area contributed by atoms with Crippen molar-refractivity contribution in [3.8, 4) is 6.07 Å². The van der Waals surface area contributed by atoms with Crippen LogP contribution in [0.3, 0.4) is 0 Å². The Labute approximate surface area is 107 Å². The van der Waals surface area contributed by atoms with Crippen molar-refractivity contribution in [1.29, 1.82) is 5.26 Å². The van der Waals surface area contributed by atoms with Gasteiger partial charge in [-0.15, -0.1) is 0 Å². The van der Waals surface area contributed by atoms with E-state index in [0.29, 0.717) is 0 Å². The highest BCUT2D eigenvalue weighted by atomic mass is 35.5. The van der Waals surface area contributed by atoms with Crippen molar-refractivity contribution in [2.24, 2.45) is 0 Å². The number of sulfonamides is 1. The second-order valence-electron chi connectivity index (χ2n) is 3.28. The molecule has 1 atom stereocenters. The Morgan fingerprint density at radius 2 is 2.47 bits per heavy atom. The van der Waals surface area contributed by atoms with Crippen molar-refractivity contribution < 1.29 is 13.2 Å². The number of ether oxygens (including phenoxy) is 1. The van der Waals surface area contributed by atoms with E-state index in [1.807, 2.05) is 6.07 Å². The number of hydrogen-bond donors (Lipinski definition) is 0. The molecule has 0 N–H and O–H groups in total. The lowest BCUT2D eigenvalue weighted by molar-refractivity contribution is 0.0312. The molecule has 0 aliphatic carbocycles. The SMILES string of the molecule is N#CC1CN(S(=O)(=O)c2cnc(Cl)s2)CCO1. The molecular formula is C8H8ClN3O3S2. The van der Waals surface area contributed by atoms with E-state index in [4.69, 9.17) is 21.6 Å². The van der Waals surface area contributed by atoms with Crippen LogP contribution in [0.2, 0.25) is 4.47 Å². The van der Waals surface area contributed by atoms with Gasteiger partial charge in [0.25, 0.3) is 10.0 Å². The van der Waals surface area contributed by atoms with Gasteiger partial charge in [-0.3, -0.25) is 0 Å². The molecule has 2 heterocycles. The molecule has 0 spiro atoms. The maximum Gasteiger partial charge on any atom is 0.254 e. The smallest absolute Gasteiger partial charge is 0.254 e. The quantitative estimate of drug-likeness (QED) is 0.802. The van der Waals surface area contributed by atoms with Gasteiger partial charge < -0.3 is 4.74 Å². The zero-order valence-electron chi connectivity index (χ0n) is 8.54. The molecule has 1 unspecified atom stereocenters. The van der Waals surface area contributed by atoms with E-state index in [9.17, 15) is 8.42 Å². The summed E-state index contributed by atoms with van der Waals surface area (Å²) in [5.74, 6) is 0. The van der Waals surface area contributed by atoms with Gasteiger partial charge in [-0.1, -0.05) is 22.9 Å². The highest BCUT2D eigenvalue weighted by Crippen LogP contribution is 2.26. The highest BCUT2D eigenvalue weighted by Gasteiger charge is 2.32. The highest BCUT2D eigenvalue weighted by molar-refractivity contribution is 7.91. The number of aromatic nitrogens is 1. The third-order valence-corrected chi connectivity index (χ3v) is 5.64. The Morgan fingerprint density at radius 3 is 3.06 bits per heavy atom. The van der Waals surface area contributed by atoms with Crippen LogP contribution in [0.4, 0.5) is 0 Å². The van der Waals surface area contributed by atoms with Crippen molar-refractivity contribution >= 4 is 33.0 Å². The van der Waals surface area contributed by atoms with Gasteiger partial charge in [0.2, 0.25) is 0 Å². The first-order chi connectivity index (χ1) is 8.04. The van der Waals surface area contributed by atoms with Crippen LogP contribution in [0.1, 0.15) is 0 Å². The summed E-state index contributed by atoms with van der Waals surface area (Å²) in [4.78, 5) is 3.70. The van der Waals surface area contributed by atoms with Gasteiger partial charge >= 0.3 is 0 Å². The molecule has 1 aliphatic heterocycles. The van der Waals surface area contributed by atoms with Crippen LogP contribution < -0.4 is 0 Å². The van der Waals surface area contributed by atoms with Gasteiger partial charge in [0.15, 0.2) is 14.8 Å². The van der Waals surface area contributed by atoms with Gasteiger partial charge in [0, 0.05) is 6.54 Å². The molecule has 1 saturated heterocycles. The molecule has 1 fully saturated rings. The predicted octanol–water partition coefficient (Wildman–Crippen LogP) is 0.710. The molecule has 17 heavy (non-hydrogen) atoms. The van der Waals surface area contributed by atoms with Gasteiger partial charge in [-0.2, -0.15) is 9.57 Å². The average molecular weight is 294 g/mol. The Kier molecular flexibility index (Phi) is 3.65. The number of rotatable bonds is 2. The van der Waals surface area contributed by atoms with Crippen molar-refractivity contribution in [2.75, 3.05) is 19.7 Å². The molecular weight excluding hydrogens is 286 g/mol. The molecule has 1 aliphatic rings. The Morgan fingerprint density at radius 1 is 1.71 bits per heavy atom. The Balaban J connectivity index is 2.24. The number of nitrogens with zero attached hydrogens (tertiary/aromatic N) is 3. The largest absolute Gasteiger partial charge is 0.361 e. The van der Waals surface area contributed by atoms with E-state index in [-0.39, 0.29) is 28.4 Å². The van der Waals surface area contributed by atoms with Crippen LogP contribution in [-0.4, -0.2) is 43.5 Å². The molecule has 0 amide bonds. The van der Waals surface area contributed by atoms with Crippen LogP contribution in [0.15, 0.2) is 10.4 Å². The molecule has 0 saturated carbocycles. The van der Waals surface area contributed by atoms with Gasteiger partial charge in [-0.05, 0) is 0 Å². The van der Waals surface area contributed by atoms with Crippen molar-refractivity contribution in [3.05, 3.63) is 10.7 Å². The molecule has 6 nitrogen and oxygen atoms in total. The number of thiazole rings is 1. The molecule has 9 heteroatoms. The Hall–Kier alpha value is -0.720. The fourth-order valence-electron chi connectivity index (χ4n) is 1.41. The molecule has 1 aromatic heterocycles. The summed E-state index contributed by atoms with van der Waals surface area (Å²) < 4.78 is 30.8. The lowest BCUT2D eigenvalue weighted by Gasteiger charge is -2.28. The number of halogens is 1. The standard InChI is InChI=1S/C8H8ClN3O3S2/c9-8-11-4-7(16-8)17(13,14)12-1-2-15-6(3-10)5-12/h4,6H,1-2,5H2. The average Bonchev–Trinajstić information content (AvgIpc) is 2.76. The van der Waals surface area contributed by atoms with Gasteiger partial charge in [-0.25, -0.2) is 13.4 Å². The Bertz CT molecular complexity index is 551. The normalized spacial score (nSPS) is 22.2. The van der Waals surface area contributed by atoms with Crippen LogP contribution in [-0.2, 0) is 14.8 Å². The number of morpholine rings is 1. The summed E-state index contributed by atoms with van der Waals surface area (Å²) in [5.41, 5.74) is 0. The summed E-state index contributed by atoms with van der Waals surface area (Å²) in [7, 11) is -3.61. The minimum Gasteiger partial charge on any atom is -0.361 e. The molecule has 0 aromatic carbocycles. The summed E-state index contributed by atoms with van der Waals surface area (Å²) >= 11 is 6.51. The lowest BCUT2D eigenvalue weighted by Crippen LogP contribution is -2.44. The topological polar surface area (TPSA) is 83.3 Å². The maximum atomic E-state index is 12.1.